The van der Waals surface area contributed by atoms with Gasteiger partial charge in [-0.2, -0.15) is 5.26 Å². The van der Waals surface area contributed by atoms with Crippen molar-refractivity contribution in [2.45, 2.75) is 4.90 Å². The molecule has 0 saturated carbocycles. The van der Waals surface area contributed by atoms with Crippen LogP contribution in [0.1, 0.15) is 5.56 Å². The Morgan fingerprint density at radius 1 is 1.20 bits per heavy atom. The molecule has 0 saturated heterocycles. The zero-order valence-corrected chi connectivity index (χ0v) is 11.7. The Kier molecular flexibility index (Phi) is 3.84. The fraction of sp³-hybridized carbons (Fsp3) is 0. The van der Waals surface area contributed by atoms with E-state index in [1.54, 1.807) is 12.1 Å². The van der Waals surface area contributed by atoms with Crippen LogP contribution >= 0.6 is 11.6 Å². The number of hydrogen-bond donors (Lipinski definition) is 2. The van der Waals surface area contributed by atoms with Gasteiger partial charge in [0.15, 0.2) is 0 Å². The van der Waals surface area contributed by atoms with Gasteiger partial charge < -0.3 is 5.73 Å². The molecule has 0 unspecified atom stereocenters. The molecule has 0 aliphatic heterocycles. The number of anilines is 2. The largest absolute Gasteiger partial charge is 0.397 e. The molecule has 0 radical (unpaired) electrons. The van der Waals surface area contributed by atoms with Crippen molar-refractivity contribution in [1.29, 1.82) is 5.26 Å². The van der Waals surface area contributed by atoms with Crippen molar-refractivity contribution in [3.63, 3.8) is 0 Å². The van der Waals surface area contributed by atoms with Gasteiger partial charge in [0, 0.05) is 0 Å². The number of rotatable bonds is 3. The molecule has 0 heterocycles. The van der Waals surface area contributed by atoms with Gasteiger partial charge >= 0.3 is 0 Å². The van der Waals surface area contributed by atoms with Crippen LogP contribution in [-0.4, -0.2) is 8.42 Å². The van der Waals surface area contributed by atoms with Crippen LogP contribution in [0, 0.1) is 11.3 Å². The van der Waals surface area contributed by atoms with Crippen molar-refractivity contribution < 1.29 is 8.42 Å². The zero-order valence-electron chi connectivity index (χ0n) is 10.2. The van der Waals surface area contributed by atoms with Gasteiger partial charge in [0.2, 0.25) is 0 Å². The fourth-order valence-corrected chi connectivity index (χ4v) is 2.94. The molecule has 0 aliphatic carbocycles. The Morgan fingerprint density at radius 3 is 2.55 bits per heavy atom. The molecule has 0 aromatic heterocycles. The smallest absolute Gasteiger partial charge is 0.263 e. The molecular weight excluding hydrogens is 298 g/mol. The topological polar surface area (TPSA) is 96.0 Å². The first-order valence-electron chi connectivity index (χ1n) is 5.51. The molecule has 3 N–H and O–H groups in total. The summed E-state index contributed by atoms with van der Waals surface area (Å²) < 4.78 is 26.8. The zero-order chi connectivity index (χ0) is 14.8. The average molecular weight is 308 g/mol. The summed E-state index contributed by atoms with van der Waals surface area (Å²) in [5.74, 6) is 0. The van der Waals surface area contributed by atoms with Crippen LogP contribution in [0.25, 0.3) is 0 Å². The second-order valence-corrected chi connectivity index (χ2v) is 6.01. The van der Waals surface area contributed by atoms with Crippen LogP contribution in [0.2, 0.25) is 5.02 Å². The number of nitrogens with two attached hydrogens (primary N) is 1. The Bertz CT molecular complexity index is 798. The number of halogens is 1. The molecule has 0 atom stereocenters. The molecule has 0 amide bonds. The second-order valence-electron chi connectivity index (χ2n) is 3.95. The SMILES string of the molecule is N#Cc1ccccc1S(=O)(=O)Nc1ccc(Cl)c(N)c1. The van der Waals surface area contributed by atoms with E-state index in [2.05, 4.69) is 4.72 Å². The van der Waals surface area contributed by atoms with Crippen LogP contribution in [0.3, 0.4) is 0 Å². The van der Waals surface area contributed by atoms with Crippen LogP contribution in [0.5, 0.6) is 0 Å². The van der Waals surface area contributed by atoms with Crippen LogP contribution in [-0.2, 0) is 10.0 Å². The molecular formula is C13H10ClN3O2S. The Hall–Kier alpha value is -2.23. The van der Waals surface area contributed by atoms with Crippen molar-refractivity contribution in [2.24, 2.45) is 0 Å². The van der Waals surface area contributed by atoms with E-state index in [1.807, 2.05) is 6.07 Å². The summed E-state index contributed by atoms with van der Waals surface area (Å²) in [6.45, 7) is 0. The van der Waals surface area contributed by atoms with Crippen molar-refractivity contribution in [2.75, 3.05) is 10.5 Å². The van der Waals surface area contributed by atoms with Crippen LogP contribution < -0.4 is 10.5 Å². The van der Waals surface area contributed by atoms with E-state index in [-0.39, 0.29) is 21.8 Å². The van der Waals surface area contributed by atoms with E-state index in [0.29, 0.717) is 5.02 Å². The van der Waals surface area contributed by atoms with Crippen molar-refractivity contribution >= 4 is 33.0 Å². The van der Waals surface area contributed by atoms with Gasteiger partial charge in [-0.05, 0) is 30.3 Å². The lowest BCUT2D eigenvalue weighted by Crippen LogP contribution is -2.14. The Morgan fingerprint density at radius 2 is 1.90 bits per heavy atom. The summed E-state index contributed by atoms with van der Waals surface area (Å²) in [7, 11) is -3.86. The maximum absolute atomic E-state index is 12.2. The molecule has 20 heavy (non-hydrogen) atoms. The predicted octanol–water partition coefficient (Wildman–Crippen LogP) is 2.59. The first-order chi connectivity index (χ1) is 9.44. The van der Waals surface area contributed by atoms with Crippen LogP contribution in [0.4, 0.5) is 11.4 Å². The number of nitrogens with zero attached hydrogens (tertiary/aromatic N) is 1. The number of nitriles is 1. The minimum Gasteiger partial charge on any atom is -0.397 e. The van der Waals surface area contributed by atoms with Gasteiger partial charge in [-0.15, -0.1) is 0 Å². The molecule has 2 rings (SSSR count). The third-order valence-electron chi connectivity index (χ3n) is 2.55. The maximum Gasteiger partial charge on any atom is 0.263 e. The number of benzene rings is 2. The standard InChI is InChI=1S/C13H10ClN3O2S/c14-11-6-5-10(7-12(11)16)17-20(18,19)13-4-2-1-3-9(13)8-15/h1-7,17H,16H2. The molecule has 7 heteroatoms. The van der Waals surface area contributed by atoms with Gasteiger partial charge in [-0.1, -0.05) is 23.7 Å². The molecule has 0 spiro atoms. The lowest BCUT2D eigenvalue weighted by atomic mass is 10.2. The lowest BCUT2D eigenvalue weighted by molar-refractivity contribution is 0.601. The normalized spacial score (nSPS) is 10.8. The first-order valence-corrected chi connectivity index (χ1v) is 7.37. The number of sulfonamides is 1. The van der Waals surface area contributed by atoms with E-state index in [0.717, 1.165) is 0 Å². The summed E-state index contributed by atoms with van der Waals surface area (Å²) in [6.07, 6.45) is 0. The van der Waals surface area contributed by atoms with E-state index in [4.69, 9.17) is 22.6 Å². The minimum absolute atomic E-state index is 0.0712. The Balaban J connectivity index is 2.41. The van der Waals surface area contributed by atoms with Gasteiger partial charge in [0.25, 0.3) is 10.0 Å². The molecule has 5 nitrogen and oxygen atoms in total. The first kappa shape index (κ1) is 14.2. The van der Waals surface area contributed by atoms with Crippen molar-refractivity contribution in [3.8, 4) is 6.07 Å². The van der Waals surface area contributed by atoms with Gasteiger partial charge in [0.1, 0.15) is 11.0 Å². The Labute approximate surface area is 121 Å². The number of hydrogen-bond acceptors (Lipinski definition) is 4. The average Bonchev–Trinajstić information content (AvgIpc) is 2.42. The van der Waals surface area contributed by atoms with E-state index >= 15 is 0 Å². The highest BCUT2D eigenvalue weighted by Crippen LogP contribution is 2.25. The predicted molar refractivity (Wildman–Crippen MR) is 77.8 cm³/mol. The highest BCUT2D eigenvalue weighted by atomic mass is 35.5. The van der Waals surface area contributed by atoms with E-state index < -0.39 is 10.0 Å². The van der Waals surface area contributed by atoms with Gasteiger partial charge in [-0.25, -0.2) is 8.42 Å². The number of nitrogens with one attached hydrogen (secondary N) is 1. The number of nitrogen functional groups attached to an aromatic ring is 1. The van der Waals surface area contributed by atoms with E-state index in [9.17, 15) is 8.42 Å². The highest BCUT2D eigenvalue weighted by molar-refractivity contribution is 7.92. The van der Waals surface area contributed by atoms with Gasteiger partial charge in [0.05, 0.1) is 22.0 Å². The van der Waals surface area contributed by atoms with Gasteiger partial charge in [-0.3, -0.25) is 4.72 Å². The molecule has 2 aromatic rings. The third-order valence-corrected chi connectivity index (χ3v) is 4.33. The summed E-state index contributed by atoms with van der Waals surface area (Å²) in [5.41, 5.74) is 6.23. The summed E-state index contributed by atoms with van der Waals surface area (Å²) in [4.78, 5) is -0.0870. The third kappa shape index (κ3) is 2.85. The summed E-state index contributed by atoms with van der Waals surface area (Å²) >= 11 is 5.77. The fourth-order valence-electron chi connectivity index (χ4n) is 1.61. The monoisotopic (exact) mass is 307 g/mol. The second kappa shape index (κ2) is 5.41. The molecule has 0 aliphatic rings. The van der Waals surface area contributed by atoms with E-state index in [1.165, 1.54) is 30.3 Å². The summed E-state index contributed by atoms with van der Waals surface area (Å²) in [5, 5.41) is 9.29. The maximum atomic E-state index is 12.2. The van der Waals surface area contributed by atoms with Crippen molar-refractivity contribution in [1.82, 2.24) is 0 Å². The quantitative estimate of drug-likeness (QED) is 0.852. The molecule has 2 aromatic carbocycles. The molecule has 0 fully saturated rings. The summed E-state index contributed by atoms with van der Waals surface area (Å²) in [6, 6.07) is 12.2. The molecule has 0 bridgehead atoms. The van der Waals surface area contributed by atoms with Crippen molar-refractivity contribution in [3.05, 3.63) is 53.1 Å². The molecule has 102 valence electrons. The lowest BCUT2D eigenvalue weighted by Gasteiger charge is -2.10. The van der Waals surface area contributed by atoms with Crippen LogP contribution in [0.15, 0.2) is 47.4 Å². The highest BCUT2D eigenvalue weighted by Gasteiger charge is 2.18. The minimum atomic E-state index is -3.86.